The number of halogens is 3. The molecule has 1 N–H and O–H groups in total. The number of alkyl halides is 3. The van der Waals surface area contributed by atoms with E-state index in [-0.39, 0.29) is 11.8 Å². The molecule has 0 aliphatic heterocycles. The molecule has 4 nitrogen and oxygen atoms in total. The standard InChI is InChI=1S/C12H17F3N2O2/c1-7-3-2-4-8(5-7)11-16-10(19-17-11)6-9(18)12(13,14)15/h7-9,18H,2-6H2,1H3. The maximum atomic E-state index is 12.2. The third kappa shape index (κ3) is 3.68. The molecule has 1 aliphatic carbocycles. The molecule has 1 aromatic rings. The van der Waals surface area contributed by atoms with Crippen molar-refractivity contribution in [2.45, 2.75) is 57.2 Å². The molecule has 1 fully saturated rings. The van der Waals surface area contributed by atoms with E-state index in [9.17, 15) is 13.2 Å². The molecule has 0 aromatic carbocycles. The van der Waals surface area contributed by atoms with Gasteiger partial charge in [0.05, 0.1) is 6.42 Å². The van der Waals surface area contributed by atoms with Crippen molar-refractivity contribution >= 4 is 0 Å². The molecule has 3 unspecified atom stereocenters. The SMILES string of the molecule is CC1CCCC(c2noc(CC(O)C(F)(F)F)n2)C1. The predicted octanol–water partition coefficient (Wildman–Crippen LogP) is 2.83. The fourth-order valence-electron chi connectivity index (χ4n) is 2.47. The predicted molar refractivity (Wildman–Crippen MR) is 60.4 cm³/mol. The van der Waals surface area contributed by atoms with E-state index < -0.39 is 18.7 Å². The molecule has 7 heteroatoms. The molecule has 1 aliphatic rings. The molecule has 0 radical (unpaired) electrons. The van der Waals surface area contributed by atoms with Crippen LogP contribution in [0.2, 0.25) is 0 Å². The van der Waals surface area contributed by atoms with Crippen LogP contribution in [0.3, 0.4) is 0 Å². The van der Waals surface area contributed by atoms with Crippen LogP contribution in [-0.2, 0) is 6.42 Å². The molecule has 0 amide bonds. The lowest BCUT2D eigenvalue weighted by atomic mass is 9.82. The van der Waals surface area contributed by atoms with Crippen LogP contribution in [-0.4, -0.2) is 27.5 Å². The summed E-state index contributed by atoms with van der Waals surface area (Å²) in [6, 6.07) is 0. The lowest BCUT2D eigenvalue weighted by molar-refractivity contribution is -0.204. The Bertz CT molecular complexity index is 419. The first kappa shape index (κ1) is 14.3. The van der Waals surface area contributed by atoms with Crippen molar-refractivity contribution < 1.29 is 22.8 Å². The van der Waals surface area contributed by atoms with Gasteiger partial charge < -0.3 is 9.63 Å². The second kappa shape index (κ2) is 5.48. The Morgan fingerprint density at radius 2 is 2.16 bits per heavy atom. The Balaban J connectivity index is 1.99. The van der Waals surface area contributed by atoms with Crippen molar-refractivity contribution in [1.82, 2.24) is 10.1 Å². The summed E-state index contributed by atoms with van der Waals surface area (Å²) >= 11 is 0. The summed E-state index contributed by atoms with van der Waals surface area (Å²) < 4.78 is 41.4. The number of nitrogens with zero attached hydrogens (tertiary/aromatic N) is 2. The van der Waals surface area contributed by atoms with Crippen LogP contribution in [0.1, 0.15) is 50.2 Å². The zero-order chi connectivity index (χ0) is 14.0. The van der Waals surface area contributed by atoms with Gasteiger partial charge in [0.1, 0.15) is 0 Å². The molecule has 2 rings (SSSR count). The zero-order valence-electron chi connectivity index (χ0n) is 10.7. The second-order valence-electron chi connectivity index (χ2n) is 5.28. The van der Waals surface area contributed by atoms with Crippen molar-refractivity contribution in [3.8, 4) is 0 Å². The van der Waals surface area contributed by atoms with Crippen LogP contribution >= 0.6 is 0 Å². The Morgan fingerprint density at radius 1 is 1.42 bits per heavy atom. The van der Waals surface area contributed by atoms with Gasteiger partial charge >= 0.3 is 6.18 Å². The highest BCUT2D eigenvalue weighted by Crippen LogP contribution is 2.34. The van der Waals surface area contributed by atoms with E-state index in [1.807, 2.05) is 0 Å². The summed E-state index contributed by atoms with van der Waals surface area (Å²) in [4.78, 5) is 3.98. The summed E-state index contributed by atoms with van der Waals surface area (Å²) in [7, 11) is 0. The van der Waals surface area contributed by atoms with Crippen molar-refractivity contribution in [3.63, 3.8) is 0 Å². The first-order chi connectivity index (χ1) is 8.86. The van der Waals surface area contributed by atoms with Gasteiger partial charge in [0, 0.05) is 5.92 Å². The number of aliphatic hydroxyl groups is 1. The zero-order valence-corrected chi connectivity index (χ0v) is 10.7. The number of hydrogen-bond donors (Lipinski definition) is 1. The third-order valence-corrected chi connectivity index (χ3v) is 3.53. The minimum Gasteiger partial charge on any atom is -0.383 e. The van der Waals surface area contributed by atoms with Crippen LogP contribution in [0.4, 0.5) is 13.2 Å². The molecular weight excluding hydrogens is 261 g/mol. The van der Waals surface area contributed by atoms with Crippen LogP contribution in [0, 0.1) is 5.92 Å². The normalized spacial score (nSPS) is 26.4. The van der Waals surface area contributed by atoms with E-state index in [1.165, 1.54) is 0 Å². The first-order valence-electron chi connectivity index (χ1n) is 6.43. The third-order valence-electron chi connectivity index (χ3n) is 3.53. The minimum atomic E-state index is -4.66. The Hall–Kier alpha value is -1.11. The van der Waals surface area contributed by atoms with Crippen LogP contribution < -0.4 is 0 Å². The van der Waals surface area contributed by atoms with Gasteiger partial charge in [-0.3, -0.25) is 0 Å². The van der Waals surface area contributed by atoms with Gasteiger partial charge in [-0.25, -0.2) is 0 Å². The summed E-state index contributed by atoms with van der Waals surface area (Å²) in [5.41, 5.74) is 0. The average molecular weight is 278 g/mol. The molecule has 3 atom stereocenters. The lowest BCUT2D eigenvalue weighted by Gasteiger charge is -2.23. The first-order valence-corrected chi connectivity index (χ1v) is 6.43. The van der Waals surface area contributed by atoms with Crippen molar-refractivity contribution in [2.24, 2.45) is 5.92 Å². The quantitative estimate of drug-likeness (QED) is 0.923. The van der Waals surface area contributed by atoms with E-state index in [2.05, 4.69) is 17.1 Å². The van der Waals surface area contributed by atoms with E-state index >= 15 is 0 Å². The van der Waals surface area contributed by atoms with Gasteiger partial charge in [-0.15, -0.1) is 0 Å². The number of hydrogen-bond acceptors (Lipinski definition) is 4. The van der Waals surface area contributed by atoms with Crippen LogP contribution in [0.15, 0.2) is 4.52 Å². The van der Waals surface area contributed by atoms with E-state index in [0.717, 1.165) is 25.7 Å². The van der Waals surface area contributed by atoms with Crippen LogP contribution in [0.25, 0.3) is 0 Å². The largest absolute Gasteiger partial charge is 0.414 e. The Labute approximate surface area is 109 Å². The monoisotopic (exact) mass is 278 g/mol. The van der Waals surface area contributed by atoms with Gasteiger partial charge in [-0.05, 0) is 18.8 Å². The van der Waals surface area contributed by atoms with Gasteiger partial charge in [-0.1, -0.05) is 24.9 Å². The van der Waals surface area contributed by atoms with Crippen molar-refractivity contribution in [3.05, 3.63) is 11.7 Å². The second-order valence-corrected chi connectivity index (χ2v) is 5.28. The summed E-state index contributed by atoms with van der Waals surface area (Å²) in [5.74, 6) is 1.04. The van der Waals surface area contributed by atoms with Gasteiger partial charge in [0.2, 0.25) is 5.89 Å². The summed E-state index contributed by atoms with van der Waals surface area (Å²) in [5, 5.41) is 12.7. The smallest absolute Gasteiger partial charge is 0.383 e. The highest BCUT2D eigenvalue weighted by Gasteiger charge is 2.39. The summed E-state index contributed by atoms with van der Waals surface area (Å²) in [6.07, 6.45) is -3.70. The Morgan fingerprint density at radius 3 is 2.79 bits per heavy atom. The van der Waals surface area contributed by atoms with Crippen LogP contribution in [0.5, 0.6) is 0 Å². The molecule has 1 aromatic heterocycles. The summed E-state index contributed by atoms with van der Waals surface area (Å²) in [6.45, 7) is 2.14. The van der Waals surface area contributed by atoms with Gasteiger partial charge in [0.15, 0.2) is 11.9 Å². The van der Waals surface area contributed by atoms with Crippen molar-refractivity contribution in [2.75, 3.05) is 0 Å². The van der Waals surface area contributed by atoms with Gasteiger partial charge in [0.25, 0.3) is 0 Å². The maximum absolute atomic E-state index is 12.2. The topological polar surface area (TPSA) is 59.2 Å². The molecule has 1 saturated carbocycles. The number of aliphatic hydroxyl groups excluding tert-OH is 1. The van der Waals surface area contributed by atoms with E-state index in [1.54, 1.807) is 0 Å². The lowest BCUT2D eigenvalue weighted by Crippen LogP contribution is -2.30. The highest BCUT2D eigenvalue weighted by molar-refractivity contribution is 4.98. The van der Waals surface area contributed by atoms with Gasteiger partial charge in [-0.2, -0.15) is 18.2 Å². The minimum absolute atomic E-state index is 0.155. The fourth-order valence-corrected chi connectivity index (χ4v) is 2.47. The molecule has 0 saturated heterocycles. The molecule has 0 spiro atoms. The molecular formula is C12H17F3N2O2. The molecule has 108 valence electrons. The van der Waals surface area contributed by atoms with E-state index in [4.69, 9.17) is 9.63 Å². The fraction of sp³-hybridized carbons (Fsp3) is 0.833. The molecule has 1 heterocycles. The number of rotatable bonds is 3. The maximum Gasteiger partial charge on any atom is 0.414 e. The molecule has 0 bridgehead atoms. The van der Waals surface area contributed by atoms with E-state index in [0.29, 0.717) is 11.7 Å². The molecule has 19 heavy (non-hydrogen) atoms. The average Bonchev–Trinajstić information content (AvgIpc) is 2.76. The van der Waals surface area contributed by atoms with Crippen molar-refractivity contribution in [1.29, 1.82) is 0 Å². The Kier molecular flexibility index (Phi) is 4.13. The highest BCUT2D eigenvalue weighted by atomic mass is 19.4. The number of aromatic nitrogens is 2.